The third-order valence-electron chi connectivity index (χ3n) is 1.92. The van der Waals surface area contributed by atoms with Crippen LogP contribution in [0.1, 0.15) is 17.2 Å². The molecule has 2 heteroatoms. The van der Waals surface area contributed by atoms with Crippen LogP contribution in [0, 0.1) is 6.92 Å². The zero-order chi connectivity index (χ0) is 7.84. The molecule has 0 N–H and O–H groups in total. The summed E-state index contributed by atoms with van der Waals surface area (Å²) in [4.78, 5) is 0. The molecule has 1 saturated heterocycles. The van der Waals surface area contributed by atoms with E-state index in [1.165, 1.54) is 11.1 Å². The predicted octanol–water partition coefficient (Wildman–Crippen LogP) is 2.83. The Hall–Kier alpha value is -0.340. The van der Waals surface area contributed by atoms with Gasteiger partial charge in [0.2, 0.25) is 0 Å². The molecule has 1 nitrogen and oxygen atoms in total. The minimum atomic E-state index is 0.368. The first-order valence-corrected chi connectivity index (χ1v) is 4.44. The lowest BCUT2D eigenvalue weighted by Gasteiger charge is -2.01. The average Bonchev–Trinajstić information content (AvgIpc) is 2.76. The van der Waals surface area contributed by atoms with Crippen molar-refractivity contribution in [2.45, 2.75) is 13.0 Å². The third-order valence-corrected chi connectivity index (χ3v) is 2.41. The van der Waals surface area contributed by atoms with Gasteiger partial charge in [-0.25, -0.2) is 0 Å². The molecule has 2 rings (SSSR count). The highest BCUT2D eigenvalue weighted by atomic mass is 79.9. The lowest BCUT2D eigenvalue weighted by Crippen LogP contribution is -1.85. The average molecular weight is 213 g/mol. The largest absolute Gasteiger partial charge is 0.368 e. The number of halogens is 1. The van der Waals surface area contributed by atoms with Crippen molar-refractivity contribution in [1.82, 2.24) is 0 Å². The van der Waals surface area contributed by atoms with Crippen LogP contribution in [0.5, 0.6) is 0 Å². The topological polar surface area (TPSA) is 12.5 Å². The van der Waals surface area contributed by atoms with Gasteiger partial charge < -0.3 is 4.74 Å². The number of ether oxygens (including phenoxy) is 1. The highest BCUT2D eigenvalue weighted by molar-refractivity contribution is 9.10. The van der Waals surface area contributed by atoms with E-state index in [4.69, 9.17) is 4.74 Å². The van der Waals surface area contributed by atoms with Crippen molar-refractivity contribution in [3.8, 4) is 0 Å². The first-order chi connectivity index (χ1) is 5.27. The van der Waals surface area contributed by atoms with Crippen LogP contribution >= 0.6 is 15.9 Å². The highest BCUT2D eigenvalue weighted by Crippen LogP contribution is 2.33. The van der Waals surface area contributed by atoms with Crippen LogP contribution in [0.2, 0.25) is 0 Å². The zero-order valence-electron chi connectivity index (χ0n) is 6.30. The van der Waals surface area contributed by atoms with Gasteiger partial charge in [0.15, 0.2) is 0 Å². The quantitative estimate of drug-likeness (QED) is 0.653. The molecule has 0 aromatic heterocycles. The Labute approximate surface area is 74.5 Å². The molecule has 1 aliphatic heterocycles. The standard InChI is InChI=1S/C9H9BrO/c1-6-2-3-7(10)4-8(6)9-5-11-9/h2-4,9H,5H2,1H3/t9-/m1/s1. The Balaban J connectivity index is 2.42. The summed E-state index contributed by atoms with van der Waals surface area (Å²) in [6.45, 7) is 3.00. The van der Waals surface area contributed by atoms with Gasteiger partial charge in [-0.1, -0.05) is 22.0 Å². The number of benzene rings is 1. The van der Waals surface area contributed by atoms with Gasteiger partial charge in [-0.05, 0) is 30.2 Å². The smallest absolute Gasteiger partial charge is 0.106 e. The Morgan fingerprint density at radius 2 is 2.27 bits per heavy atom. The molecule has 1 atom stereocenters. The molecule has 0 aliphatic carbocycles. The van der Waals surface area contributed by atoms with Gasteiger partial charge in [0.1, 0.15) is 6.10 Å². The van der Waals surface area contributed by atoms with E-state index in [1.807, 2.05) is 0 Å². The van der Waals surface area contributed by atoms with Crippen LogP contribution in [0.15, 0.2) is 22.7 Å². The summed E-state index contributed by atoms with van der Waals surface area (Å²) >= 11 is 3.44. The van der Waals surface area contributed by atoms with Crippen molar-refractivity contribution in [1.29, 1.82) is 0 Å². The lowest BCUT2D eigenvalue weighted by atomic mass is 10.1. The SMILES string of the molecule is Cc1ccc(Br)cc1[C@H]1CO1. The molecule has 1 fully saturated rings. The summed E-state index contributed by atoms with van der Waals surface area (Å²) in [5.74, 6) is 0. The molecule has 0 bridgehead atoms. The van der Waals surface area contributed by atoms with E-state index >= 15 is 0 Å². The Morgan fingerprint density at radius 1 is 1.55 bits per heavy atom. The monoisotopic (exact) mass is 212 g/mol. The molecule has 1 aromatic rings. The van der Waals surface area contributed by atoms with Crippen molar-refractivity contribution < 1.29 is 4.74 Å². The summed E-state index contributed by atoms with van der Waals surface area (Å²) in [7, 11) is 0. The van der Waals surface area contributed by atoms with Crippen LogP contribution < -0.4 is 0 Å². The van der Waals surface area contributed by atoms with E-state index in [2.05, 4.69) is 41.1 Å². The van der Waals surface area contributed by atoms with E-state index in [1.54, 1.807) is 0 Å². The van der Waals surface area contributed by atoms with Crippen molar-refractivity contribution in [2.24, 2.45) is 0 Å². The maximum atomic E-state index is 5.21. The molecule has 0 radical (unpaired) electrons. The maximum Gasteiger partial charge on any atom is 0.106 e. The van der Waals surface area contributed by atoms with Crippen LogP contribution in [0.3, 0.4) is 0 Å². The minimum absolute atomic E-state index is 0.368. The first kappa shape index (κ1) is 7.32. The van der Waals surface area contributed by atoms with E-state index < -0.39 is 0 Å². The Morgan fingerprint density at radius 3 is 2.91 bits per heavy atom. The second-order valence-corrected chi connectivity index (χ2v) is 3.74. The summed E-state index contributed by atoms with van der Waals surface area (Å²) in [6.07, 6.45) is 0.368. The molecule has 1 aromatic carbocycles. The van der Waals surface area contributed by atoms with Crippen LogP contribution in [-0.4, -0.2) is 6.61 Å². The second-order valence-electron chi connectivity index (χ2n) is 2.82. The summed E-state index contributed by atoms with van der Waals surface area (Å²) < 4.78 is 6.34. The molecule has 58 valence electrons. The van der Waals surface area contributed by atoms with Gasteiger partial charge >= 0.3 is 0 Å². The number of epoxide rings is 1. The summed E-state index contributed by atoms with van der Waals surface area (Å²) in [6, 6.07) is 6.30. The number of hydrogen-bond donors (Lipinski definition) is 0. The third kappa shape index (κ3) is 1.47. The summed E-state index contributed by atoms with van der Waals surface area (Å²) in [5, 5.41) is 0. The van der Waals surface area contributed by atoms with Crippen molar-refractivity contribution in [2.75, 3.05) is 6.61 Å². The van der Waals surface area contributed by atoms with Crippen LogP contribution in [0.4, 0.5) is 0 Å². The van der Waals surface area contributed by atoms with Crippen LogP contribution in [0.25, 0.3) is 0 Å². The van der Waals surface area contributed by atoms with E-state index in [-0.39, 0.29) is 0 Å². The molecular formula is C9H9BrO. The molecule has 11 heavy (non-hydrogen) atoms. The van der Waals surface area contributed by atoms with Gasteiger partial charge in [-0.2, -0.15) is 0 Å². The summed E-state index contributed by atoms with van der Waals surface area (Å²) in [5.41, 5.74) is 2.63. The minimum Gasteiger partial charge on any atom is -0.368 e. The van der Waals surface area contributed by atoms with Crippen molar-refractivity contribution >= 4 is 15.9 Å². The van der Waals surface area contributed by atoms with E-state index in [0.717, 1.165) is 11.1 Å². The van der Waals surface area contributed by atoms with Crippen molar-refractivity contribution in [3.63, 3.8) is 0 Å². The van der Waals surface area contributed by atoms with Crippen molar-refractivity contribution in [3.05, 3.63) is 33.8 Å². The Kier molecular flexibility index (Phi) is 1.74. The van der Waals surface area contributed by atoms with Crippen LogP contribution in [-0.2, 0) is 4.74 Å². The fraction of sp³-hybridized carbons (Fsp3) is 0.333. The molecule has 0 amide bonds. The van der Waals surface area contributed by atoms with Gasteiger partial charge in [-0.3, -0.25) is 0 Å². The highest BCUT2D eigenvalue weighted by Gasteiger charge is 2.26. The second kappa shape index (κ2) is 2.61. The number of hydrogen-bond acceptors (Lipinski definition) is 1. The molecule has 0 spiro atoms. The maximum absolute atomic E-state index is 5.21. The first-order valence-electron chi connectivity index (χ1n) is 3.65. The number of aryl methyl sites for hydroxylation is 1. The van der Waals surface area contributed by atoms with Gasteiger partial charge in [0.25, 0.3) is 0 Å². The molecule has 1 aliphatic rings. The van der Waals surface area contributed by atoms with Gasteiger partial charge in [0.05, 0.1) is 6.61 Å². The number of rotatable bonds is 1. The van der Waals surface area contributed by atoms with E-state index in [0.29, 0.717) is 6.10 Å². The molecule has 0 unspecified atom stereocenters. The van der Waals surface area contributed by atoms with Gasteiger partial charge in [0, 0.05) is 4.47 Å². The normalized spacial score (nSPS) is 21.8. The van der Waals surface area contributed by atoms with Gasteiger partial charge in [-0.15, -0.1) is 0 Å². The Bertz CT molecular complexity index is 279. The zero-order valence-corrected chi connectivity index (χ0v) is 7.89. The fourth-order valence-electron chi connectivity index (χ4n) is 1.19. The lowest BCUT2D eigenvalue weighted by molar-refractivity contribution is 0.415. The van der Waals surface area contributed by atoms with E-state index in [9.17, 15) is 0 Å². The molecule has 1 heterocycles. The molecular weight excluding hydrogens is 204 g/mol. The fourth-order valence-corrected chi connectivity index (χ4v) is 1.56. The predicted molar refractivity (Wildman–Crippen MR) is 47.6 cm³/mol. The molecule has 0 saturated carbocycles.